The highest BCUT2D eigenvalue weighted by Crippen LogP contribution is 2.22. The van der Waals surface area contributed by atoms with Crippen molar-refractivity contribution < 1.29 is 0 Å². The van der Waals surface area contributed by atoms with Crippen molar-refractivity contribution in [1.82, 2.24) is 15.2 Å². The molecule has 1 aromatic heterocycles. The second-order valence-electron chi connectivity index (χ2n) is 6.51. The van der Waals surface area contributed by atoms with Gasteiger partial charge in [0.25, 0.3) is 0 Å². The van der Waals surface area contributed by atoms with E-state index >= 15 is 0 Å². The molecule has 0 aliphatic rings. The van der Waals surface area contributed by atoms with Gasteiger partial charge in [0.1, 0.15) is 0 Å². The maximum atomic E-state index is 4.50. The number of hydrogen-bond acceptors (Lipinski definition) is 5. The molecule has 2 aromatic carbocycles. The molecule has 0 bridgehead atoms. The molecule has 5 heteroatoms. The average Bonchev–Trinajstić information content (AvgIpc) is 2.59. The van der Waals surface area contributed by atoms with Gasteiger partial charge >= 0.3 is 0 Å². The summed E-state index contributed by atoms with van der Waals surface area (Å²) in [7, 11) is 0. The molecule has 25 heavy (non-hydrogen) atoms. The van der Waals surface area contributed by atoms with Crippen molar-refractivity contribution in [2.75, 3.05) is 10.6 Å². The lowest BCUT2D eigenvalue weighted by Gasteiger charge is -2.11. The zero-order valence-corrected chi connectivity index (χ0v) is 15.0. The van der Waals surface area contributed by atoms with Crippen LogP contribution in [-0.2, 0) is 0 Å². The van der Waals surface area contributed by atoms with Gasteiger partial charge in [-0.3, -0.25) is 0 Å². The Morgan fingerprint density at radius 2 is 1.68 bits per heavy atom. The van der Waals surface area contributed by atoms with Crippen LogP contribution in [0, 0.1) is 13.8 Å². The van der Waals surface area contributed by atoms with E-state index in [1.165, 1.54) is 11.1 Å². The predicted molar refractivity (Wildman–Crippen MR) is 103 cm³/mol. The van der Waals surface area contributed by atoms with Crippen molar-refractivity contribution in [2.45, 2.75) is 33.6 Å². The maximum absolute atomic E-state index is 4.50. The van der Waals surface area contributed by atoms with Gasteiger partial charge in [-0.15, -0.1) is 5.10 Å². The fourth-order valence-electron chi connectivity index (χ4n) is 2.51. The van der Waals surface area contributed by atoms with Crippen LogP contribution in [0.15, 0.2) is 48.7 Å². The molecule has 0 saturated carbocycles. The van der Waals surface area contributed by atoms with Crippen LogP contribution in [0.2, 0.25) is 0 Å². The van der Waals surface area contributed by atoms with Gasteiger partial charge in [0.15, 0.2) is 5.82 Å². The molecule has 0 radical (unpaired) electrons. The largest absolute Gasteiger partial charge is 0.339 e. The van der Waals surface area contributed by atoms with Gasteiger partial charge in [0.2, 0.25) is 5.95 Å². The molecule has 3 rings (SSSR count). The van der Waals surface area contributed by atoms with Crippen molar-refractivity contribution in [1.29, 1.82) is 0 Å². The van der Waals surface area contributed by atoms with Crippen LogP contribution in [0.25, 0.3) is 0 Å². The Bertz CT molecular complexity index is 856. The molecule has 2 N–H and O–H groups in total. The number of anilines is 4. The molecule has 5 nitrogen and oxygen atoms in total. The Kier molecular flexibility index (Phi) is 4.93. The van der Waals surface area contributed by atoms with Gasteiger partial charge in [-0.1, -0.05) is 38.1 Å². The lowest BCUT2D eigenvalue weighted by Crippen LogP contribution is -2.03. The second kappa shape index (κ2) is 7.30. The topological polar surface area (TPSA) is 62.7 Å². The number of nitrogens with zero attached hydrogens (tertiary/aromatic N) is 3. The van der Waals surface area contributed by atoms with E-state index in [-0.39, 0.29) is 0 Å². The summed E-state index contributed by atoms with van der Waals surface area (Å²) < 4.78 is 0. The summed E-state index contributed by atoms with van der Waals surface area (Å²) >= 11 is 0. The zero-order valence-electron chi connectivity index (χ0n) is 15.0. The molecule has 0 atom stereocenters. The van der Waals surface area contributed by atoms with E-state index in [9.17, 15) is 0 Å². The lowest BCUT2D eigenvalue weighted by molar-refractivity contribution is 0.867. The minimum Gasteiger partial charge on any atom is -0.339 e. The lowest BCUT2D eigenvalue weighted by atomic mass is 10.0. The normalized spacial score (nSPS) is 10.8. The van der Waals surface area contributed by atoms with Crippen LogP contribution in [0.5, 0.6) is 0 Å². The highest BCUT2D eigenvalue weighted by Gasteiger charge is 2.05. The maximum Gasteiger partial charge on any atom is 0.249 e. The van der Waals surface area contributed by atoms with Gasteiger partial charge < -0.3 is 10.6 Å². The minimum atomic E-state index is 0.470. The molecule has 0 aliphatic heterocycles. The number of aromatic nitrogens is 3. The smallest absolute Gasteiger partial charge is 0.249 e. The molecule has 3 aromatic rings. The quantitative estimate of drug-likeness (QED) is 0.680. The summed E-state index contributed by atoms with van der Waals surface area (Å²) in [5, 5.41) is 14.6. The van der Waals surface area contributed by atoms with E-state index in [0.29, 0.717) is 17.7 Å². The number of aryl methyl sites for hydroxylation is 2. The summed E-state index contributed by atoms with van der Waals surface area (Å²) in [4.78, 5) is 4.50. The van der Waals surface area contributed by atoms with Crippen molar-refractivity contribution in [3.05, 3.63) is 65.4 Å². The summed E-state index contributed by atoms with van der Waals surface area (Å²) in [5.74, 6) is 1.64. The van der Waals surface area contributed by atoms with Crippen molar-refractivity contribution in [3.63, 3.8) is 0 Å². The standard InChI is InChI=1S/C20H23N5/c1-13(2)16-7-9-17(10-8-16)22-19-12-21-25-20(24-19)23-18-11-14(3)5-6-15(18)4/h5-13H,1-4H3,(H2,22,23,24,25). The SMILES string of the molecule is Cc1ccc(C)c(Nc2nncc(Nc3ccc(C(C)C)cc3)n2)c1. The number of rotatable bonds is 5. The van der Waals surface area contributed by atoms with Crippen LogP contribution in [-0.4, -0.2) is 15.2 Å². The van der Waals surface area contributed by atoms with Crippen LogP contribution in [0.3, 0.4) is 0 Å². The third kappa shape index (κ3) is 4.32. The molecule has 128 valence electrons. The second-order valence-corrected chi connectivity index (χ2v) is 6.51. The van der Waals surface area contributed by atoms with Gasteiger partial charge in [-0.25, -0.2) is 0 Å². The van der Waals surface area contributed by atoms with E-state index in [2.05, 4.69) is 89.1 Å². The summed E-state index contributed by atoms with van der Waals surface area (Å²) in [6, 6.07) is 14.6. The Hall–Kier alpha value is -2.95. The van der Waals surface area contributed by atoms with Gasteiger partial charge in [0.05, 0.1) is 6.20 Å². The first-order valence-corrected chi connectivity index (χ1v) is 8.42. The molecular formula is C20H23N5. The predicted octanol–water partition coefficient (Wildman–Crippen LogP) is 5.10. The number of hydrogen-bond donors (Lipinski definition) is 2. The zero-order chi connectivity index (χ0) is 17.8. The molecular weight excluding hydrogens is 310 g/mol. The van der Waals surface area contributed by atoms with Crippen LogP contribution < -0.4 is 10.6 Å². The Labute approximate surface area is 148 Å². The fourth-order valence-corrected chi connectivity index (χ4v) is 2.51. The first-order valence-electron chi connectivity index (χ1n) is 8.42. The minimum absolute atomic E-state index is 0.470. The third-order valence-electron chi connectivity index (χ3n) is 4.05. The first kappa shape index (κ1) is 16.9. The molecule has 1 heterocycles. The third-order valence-corrected chi connectivity index (χ3v) is 4.05. The molecule has 0 fully saturated rings. The van der Waals surface area contributed by atoms with Gasteiger partial charge in [0, 0.05) is 11.4 Å². The summed E-state index contributed by atoms with van der Waals surface area (Å²) in [6.07, 6.45) is 1.62. The Morgan fingerprint density at radius 3 is 2.40 bits per heavy atom. The number of benzene rings is 2. The molecule has 0 amide bonds. The van der Waals surface area contributed by atoms with E-state index in [1.54, 1.807) is 6.20 Å². The average molecular weight is 333 g/mol. The molecule has 0 saturated heterocycles. The summed E-state index contributed by atoms with van der Waals surface area (Å²) in [5.41, 5.74) is 5.59. The van der Waals surface area contributed by atoms with Crippen molar-refractivity contribution in [2.24, 2.45) is 0 Å². The van der Waals surface area contributed by atoms with Crippen LogP contribution in [0.1, 0.15) is 36.5 Å². The van der Waals surface area contributed by atoms with Crippen molar-refractivity contribution >= 4 is 23.1 Å². The molecule has 0 spiro atoms. The Balaban J connectivity index is 1.76. The first-order chi connectivity index (χ1) is 12.0. The highest BCUT2D eigenvalue weighted by atomic mass is 15.3. The monoisotopic (exact) mass is 333 g/mol. The molecule has 0 unspecified atom stereocenters. The fraction of sp³-hybridized carbons (Fsp3) is 0.250. The van der Waals surface area contributed by atoms with Crippen LogP contribution >= 0.6 is 0 Å². The Morgan fingerprint density at radius 1 is 0.920 bits per heavy atom. The van der Waals surface area contributed by atoms with Gasteiger partial charge in [-0.2, -0.15) is 10.1 Å². The van der Waals surface area contributed by atoms with E-state index in [0.717, 1.165) is 16.9 Å². The van der Waals surface area contributed by atoms with Crippen LogP contribution in [0.4, 0.5) is 23.1 Å². The molecule has 0 aliphatic carbocycles. The van der Waals surface area contributed by atoms with Gasteiger partial charge in [-0.05, 0) is 54.7 Å². The van der Waals surface area contributed by atoms with E-state index < -0.39 is 0 Å². The van der Waals surface area contributed by atoms with Crippen molar-refractivity contribution in [3.8, 4) is 0 Å². The number of nitrogens with one attached hydrogen (secondary N) is 2. The summed E-state index contributed by atoms with van der Waals surface area (Å²) in [6.45, 7) is 8.47. The highest BCUT2D eigenvalue weighted by molar-refractivity contribution is 5.61. The van der Waals surface area contributed by atoms with E-state index in [1.807, 2.05) is 6.92 Å². The van der Waals surface area contributed by atoms with E-state index in [4.69, 9.17) is 0 Å².